The Morgan fingerprint density at radius 3 is 2.83 bits per heavy atom. The highest BCUT2D eigenvalue weighted by molar-refractivity contribution is 8.00. The number of thioether (sulfide) groups is 1. The van der Waals surface area contributed by atoms with Gasteiger partial charge >= 0.3 is 0 Å². The Morgan fingerprint density at radius 1 is 1.56 bits per heavy atom. The molecule has 96 valence electrons. The van der Waals surface area contributed by atoms with Crippen molar-refractivity contribution in [1.82, 2.24) is 14.9 Å². The molecule has 2 heterocycles. The van der Waals surface area contributed by atoms with Crippen LogP contribution >= 0.6 is 11.8 Å². The van der Waals surface area contributed by atoms with Crippen LogP contribution < -0.4 is 11.6 Å². The van der Waals surface area contributed by atoms with Crippen LogP contribution in [0.1, 0.15) is 12.7 Å². The molecule has 4 N–H and O–H groups in total. The Morgan fingerprint density at radius 2 is 2.28 bits per heavy atom. The third-order valence-electron chi connectivity index (χ3n) is 2.45. The van der Waals surface area contributed by atoms with Crippen LogP contribution in [0.25, 0.3) is 11.4 Å². The molecule has 0 fully saturated rings. The molecular weight excluding hydrogens is 254 g/mol. The van der Waals surface area contributed by atoms with E-state index in [2.05, 4.69) is 10.2 Å². The normalized spacial score (nSPS) is 12.6. The summed E-state index contributed by atoms with van der Waals surface area (Å²) in [6.07, 6.45) is 1.55. The molecule has 0 spiro atoms. The fraction of sp³-hybridized carbons (Fsp3) is 0.300. The van der Waals surface area contributed by atoms with Crippen LogP contribution in [0.5, 0.6) is 0 Å². The second kappa shape index (κ2) is 4.73. The van der Waals surface area contributed by atoms with Crippen molar-refractivity contribution in [1.29, 1.82) is 0 Å². The number of hydrogen-bond acceptors (Lipinski definition) is 6. The van der Waals surface area contributed by atoms with Crippen molar-refractivity contribution in [3.8, 4) is 11.4 Å². The van der Waals surface area contributed by atoms with Crippen LogP contribution in [0, 0.1) is 6.92 Å². The zero-order valence-electron chi connectivity index (χ0n) is 9.95. The number of carbonyl (C=O) groups excluding carboxylic acids is 1. The van der Waals surface area contributed by atoms with Crippen molar-refractivity contribution >= 4 is 17.7 Å². The molecule has 0 bridgehead atoms. The zero-order chi connectivity index (χ0) is 13.3. The summed E-state index contributed by atoms with van der Waals surface area (Å²) in [5.41, 5.74) is 5.95. The van der Waals surface area contributed by atoms with Crippen molar-refractivity contribution in [2.75, 3.05) is 5.84 Å². The summed E-state index contributed by atoms with van der Waals surface area (Å²) in [6, 6.07) is 1.76. The molecule has 18 heavy (non-hydrogen) atoms. The lowest BCUT2D eigenvalue weighted by atomic mass is 10.2. The number of aromatic nitrogens is 3. The van der Waals surface area contributed by atoms with Crippen LogP contribution in [0.4, 0.5) is 0 Å². The van der Waals surface area contributed by atoms with Crippen LogP contribution in [0.3, 0.4) is 0 Å². The van der Waals surface area contributed by atoms with Gasteiger partial charge in [-0.25, -0.2) is 4.68 Å². The summed E-state index contributed by atoms with van der Waals surface area (Å²) in [4.78, 5) is 11.0. The summed E-state index contributed by atoms with van der Waals surface area (Å²) in [7, 11) is 0. The SMILES string of the molecule is Cc1occc1-c1nnc(SC(C)C(N)=O)n1N. The molecule has 1 amide bonds. The smallest absolute Gasteiger partial charge is 0.230 e. The molecule has 2 aromatic rings. The Labute approximate surface area is 108 Å². The molecule has 0 saturated heterocycles. The predicted molar refractivity (Wildman–Crippen MR) is 67.1 cm³/mol. The summed E-state index contributed by atoms with van der Waals surface area (Å²) in [5, 5.41) is 7.93. The summed E-state index contributed by atoms with van der Waals surface area (Å²) >= 11 is 1.16. The van der Waals surface area contributed by atoms with Gasteiger partial charge in [0.15, 0.2) is 5.82 Å². The molecule has 1 unspecified atom stereocenters. The number of rotatable bonds is 4. The molecule has 7 nitrogen and oxygen atoms in total. The van der Waals surface area contributed by atoms with Crippen molar-refractivity contribution in [3.05, 3.63) is 18.1 Å². The van der Waals surface area contributed by atoms with E-state index in [1.165, 1.54) is 4.68 Å². The molecular formula is C10H13N5O2S. The second-order valence-corrected chi connectivity index (χ2v) is 5.04. The lowest BCUT2D eigenvalue weighted by molar-refractivity contribution is -0.117. The fourth-order valence-electron chi connectivity index (χ4n) is 1.37. The number of furan rings is 1. The number of primary amides is 1. The monoisotopic (exact) mass is 267 g/mol. The number of nitrogens with zero attached hydrogens (tertiary/aromatic N) is 3. The first-order chi connectivity index (χ1) is 8.50. The minimum atomic E-state index is -0.427. The van der Waals surface area contributed by atoms with E-state index < -0.39 is 11.2 Å². The van der Waals surface area contributed by atoms with Crippen LogP contribution in [-0.4, -0.2) is 26.0 Å². The van der Waals surface area contributed by atoms with Gasteiger partial charge in [0.1, 0.15) is 5.76 Å². The summed E-state index contributed by atoms with van der Waals surface area (Å²) in [5.74, 6) is 6.65. The van der Waals surface area contributed by atoms with Crippen molar-refractivity contribution in [2.45, 2.75) is 24.3 Å². The molecule has 0 radical (unpaired) electrons. The first-order valence-corrected chi connectivity index (χ1v) is 6.09. The highest BCUT2D eigenvalue weighted by Gasteiger charge is 2.19. The quantitative estimate of drug-likeness (QED) is 0.617. The fourth-order valence-corrected chi connectivity index (χ4v) is 2.09. The van der Waals surface area contributed by atoms with E-state index in [-0.39, 0.29) is 0 Å². The number of nitrogen functional groups attached to an aromatic ring is 1. The van der Waals surface area contributed by atoms with Gasteiger partial charge in [0.05, 0.1) is 17.1 Å². The number of carbonyl (C=O) groups is 1. The lowest BCUT2D eigenvalue weighted by Gasteiger charge is -2.06. The Bertz CT molecular complexity index is 577. The van der Waals surface area contributed by atoms with E-state index in [0.717, 1.165) is 17.3 Å². The van der Waals surface area contributed by atoms with Gasteiger partial charge in [-0.15, -0.1) is 10.2 Å². The minimum Gasteiger partial charge on any atom is -0.469 e. The van der Waals surface area contributed by atoms with Gasteiger partial charge in [0, 0.05) is 0 Å². The topological polar surface area (TPSA) is 113 Å². The van der Waals surface area contributed by atoms with Crippen LogP contribution in [0.2, 0.25) is 0 Å². The first-order valence-electron chi connectivity index (χ1n) is 5.21. The van der Waals surface area contributed by atoms with Gasteiger partial charge in [-0.2, -0.15) is 0 Å². The highest BCUT2D eigenvalue weighted by atomic mass is 32.2. The molecule has 0 aliphatic rings. The van der Waals surface area contributed by atoms with E-state index in [4.69, 9.17) is 16.0 Å². The third kappa shape index (κ3) is 2.19. The van der Waals surface area contributed by atoms with Gasteiger partial charge in [-0.1, -0.05) is 11.8 Å². The number of amides is 1. The average Bonchev–Trinajstić information content (AvgIpc) is 2.87. The maximum atomic E-state index is 11.0. The van der Waals surface area contributed by atoms with Crippen molar-refractivity contribution in [2.24, 2.45) is 5.73 Å². The van der Waals surface area contributed by atoms with E-state index in [9.17, 15) is 4.79 Å². The van der Waals surface area contributed by atoms with Gasteiger partial charge < -0.3 is 16.0 Å². The molecule has 2 aromatic heterocycles. The summed E-state index contributed by atoms with van der Waals surface area (Å²) in [6.45, 7) is 3.49. The molecule has 0 aliphatic carbocycles. The molecule has 8 heteroatoms. The van der Waals surface area contributed by atoms with Crippen molar-refractivity contribution < 1.29 is 9.21 Å². The maximum Gasteiger partial charge on any atom is 0.230 e. The minimum absolute atomic E-state index is 0.421. The van der Waals surface area contributed by atoms with Gasteiger partial charge in [-0.05, 0) is 19.9 Å². The Kier molecular flexibility index (Phi) is 3.28. The zero-order valence-corrected chi connectivity index (χ0v) is 10.8. The number of aryl methyl sites for hydroxylation is 1. The van der Waals surface area contributed by atoms with Gasteiger partial charge in [0.2, 0.25) is 11.1 Å². The largest absolute Gasteiger partial charge is 0.469 e. The molecule has 0 saturated carbocycles. The average molecular weight is 267 g/mol. The first kappa shape index (κ1) is 12.5. The highest BCUT2D eigenvalue weighted by Crippen LogP contribution is 2.26. The number of nitrogens with two attached hydrogens (primary N) is 2. The molecule has 1 atom stereocenters. The Hall–Kier alpha value is -1.96. The van der Waals surface area contributed by atoms with E-state index >= 15 is 0 Å². The van der Waals surface area contributed by atoms with E-state index in [1.54, 1.807) is 19.3 Å². The molecule has 0 aromatic carbocycles. The third-order valence-corrected chi connectivity index (χ3v) is 3.52. The maximum absolute atomic E-state index is 11.0. The van der Waals surface area contributed by atoms with Gasteiger partial charge in [-0.3, -0.25) is 4.79 Å². The Balaban J connectivity index is 2.30. The molecule has 2 rings (SSSR count). The van der Waals surface area contributed by atoms with Crippen LogP contribution in [-0.2, 0) is 4.79 Å². The van der Waals surface area contributed by atoms with E-state index in [0.29, 0.717) is 16.7 Å². The van der Waals surface area contributed by atoms with Crippen molar-refractivity contribution in [3.63, 3.8) is 0 Å². The van der Waals surface area contributed by atoms with Gasteiger partial charge in [0.25, 0.3) is 0 Å². The number of hydrogen-bond donors (Lipinski definition) is 2. The lowest BCUT2D eigenvalue weighted by Crippen LogP contribution is -2.23. The van der Waals surface area contributed by atoms with Crippen LogP contribution in [0.15, 0.2) is 21.9 Å². The van der Waals surface area contributed by atoms with E-state index in [1.807, 2.05) is 6.92 Å². The second-order valence-electron chi connectivity index (χ2n) is 3.73. The summed E-state index contributed by atoms with van der Waals surface area (Å²) < 4.78 is 6.51. The molecule has 0 aliphatic heterocycles. The predicted octanol–water partition coefficient (Wildman–Crippen LogP) is 0.526. The standard InChI is InChI=1S/C10H13N5O2S/c1-5-7(3-4-17-5)9-13-14-10(15(9)12)18-6(2)8(11)16/h3-4,6H,12H2,1-2H3,(H2,11,16).